The maximum absolute atomic E-state index is 12.5. The lowest BCUT2D eigenvalue weighted by Gasteiger charge is -2.05. The minimum atomic E-state index is -4.43. The Balaban J connectivity index is 1.89. The summed E-state index contributed by atoms with van der Waals surface area (Å²) in [6, 6.07) is 4.24. The fourth-order valence-corrected chi connectivity index (χ4v) is 2.26. The van der Waals surface area contributed by atoms with E-state index in [2.05, 4.69) is 15.5 Å². The van der Waals surface area contributed by atoms with Gasteiger partial charge in [0.05, 0.1) is 23.8 Å². The van der Waals surface area contributed by atoms with Gasteiger partial charge in [0.1, 0.15) is 0 Å². The molecule has 0 saturated heterocycles. The van der Waals surface area contributed by atoms with E-state index in [1.165, 1.54) is 12.1 Å². The van der Waals surface area contributed by atoms with Crippen LogP contribution in [0.2, 0.25) is 0 Å². The molecule has 0 radical (unpaired) electrons. The Morgan fingerprint density at radius 3 is 2.48 bits per heavy atom. The van der Waals surface area contributed by atoms with Crippen molar-refractivity contribution in [2.24, 2.45) is 0 Å². The average molecular weight is 374 g/mol. The lowest BCUT2D eigenvalue weighted by molar-refractivity contribution is -0.301. The summed E-state index contributed by atoms with van der Waals surface area (Å²) >= 11 is 0.877. The fraction of sp³-hybridized carbons (Fsp3) is 0.286. The molecule has 0 unspecified atom stereocenters. The molecule has 1 amide bonds. The summed E-state index contributed by atoms with van der Waals surface area (Å²) in [4.78, 5) is 25.6. The normalized spacial score (nSPS) is 11.3. The van der Waals surface area contributed by atoms with Gasteiger partial charge in [-0.3, -0.25) is 4.79 Å². The van der Waals surface area contributed by atoms with Crippen LogP contribution in [0.5, 0.6) is 0 Å². The minimum absolute atomic E-state index is 0.0631. The molecule has 0 spiro atoms. The van der Waals surface area contributed by atoms with Gasteiger partial charge in [-0.2, -0.15) is 18.2 Å². The van der Waals surface area contributed by atoms with Crippen LogP contribution in [0.1, 0.15) is 11.5 Å². The number of carboxylic acids is 1. The number of rotatable bonds is 7. The first-order valence-electron chi connectivity index (χ1n) is 6.80. The van der Waals surface area contributed by atoms with E-state index in [-0.39, 0.29) is 29.8 Å². The molecular formula is C14H11F3N3O4S-. The number of amides is 1. The van der Waals surface area contributed by atoms with Crippen molar-refractivity contribution in [3.63, 3.8) is 0 Å². The van der Waals surface area contributed by atoms with Crippen molar-refractivity contribution in [3.05, 3.63) is 35.7 Å². The van der Waals surface area contributed by atoms with Crippen molar-refractivity contribution in [1.82, 2.24) is 15.5 Å². The number of aliphatic carboxylic acids is 1. The second-order valence-corrected chi connectivity index (χ2v) is 5.71. The zero-order chi connectivity index (χ0) is 18.4. The third-order valence-corrected chi connectivity index (χ3v) is 3.73. The molecule has 134 valence electrons. The molecule has 0 fully saturated rings. The molecule has 1 N–H and O–H groups in total. The number of nitrogens with one attached hydrogen (secondary N) is 1. The number of nitrogens with zero attached hydrogens (tertiary/aromatic N) is 2. The number of carbonyl (C=O) groups excluding carboxylic acids is 2. The van der Waals surface area contributed by atoms with Gasteiger partial charge in [0.2, 0.25) is 17.6 Å². The molecule has 2 aromatic rings. The standard InChI is InChI=1S/C14H12F3N3O4S/c15-14(16,17)9-3-1-8(2-4-9)13-19-11(24-20-13)5-18-10(21)6-25-7-12(22)23/h1-4H,5-7H2,(H,18,21)(H,22,23)/p-1. The molecule has 11 heteroatoms. The monoisotopic (exact) mass is 374 g/mol. The van der Waals surface area contributed by atoms with Gasteiger partial charge in [-0.05, 0) is 12.1 Å². The number of hydrogen-bond acceptors (Lipinski definition) is 7. The molecule has 0 bridgehead atoms. The molecule has 7 nitrogen and oxygen atoms in total. The number of carboxylic acid groups (broad SMARTS) is 1. The number of halogens is 3. The van der Waals surface area contributed by atoms with Gasteiger partial charge in [0.25, 0.3) is 0 Å². The molecule has 0 aliphatic carbocycles. The first-order valence-corrected chi connectivity index (χ1v) is 7.95. The van der Waals surface area contributed by atoms with Crippen LogP contribution in [0.3, 0.4) is 0 Å². The summed E-state index contributed by atoms with van der Waals surface area (Å²) in [5.74, 6) is -1.92. The third-order valence-electron chi connectivity index (χ3n) is 2.83. The number of carbonyl (C=O) groups is 2. The number of benzene rings is 1. The van der Waals surface area contributed by atoms with Crippen LogP contribution < -0.4 is 10.4 Å². The number of aromatic nitrogens is 2. The van der Waals surface area contributed by atoms with Crippen LogP contribution in [0, 0.1) is 0 Å². The Kier molecular flexibility index (Phi) is 6.02. The summed E-state index contributed by atoms with van der Waals surface area (Å²) in [6.45, 7) is -0.0850. The maximum atomic E-state index is 12.5. The molecule has 0 saturated carbocycles. The van der Waals surface area contributed by atoms with Gasteiger partial charge in [0.15, 0.2) is 0 Å². The van der Waals surface area contributed by atoms with E-state index in [1.807, 2.05) is 0 Å². The topological polar surface area (TPSA) is 108 Å². The molecule has 0 aliphatic heterocycles. The van der Waals surface area contributed by atoms with E-state index in [9.17, 15) is 27.9 Å². The first kappa shape index (κ1) is 18.8. The predicted molar refractivity (Wildman–Crippen MR) is 78.9 cm³/mol. The zero-order valence-corrected chi connectivity index (χ0v) is 13.3. The van der Waals surface area contributed by atoms with Gasteiger partial charge in [-0.15, -0.1) is 11.8 Å². The SMILES string of the molecule is O=C([O-])CSCC(=O)NCc1nc(-c2ccc(C(F)(F)F)cc2)no1. The zero-order valence-electron chi connectivity index (χ0n) is 12.5. The Morgan fingerprint density at radius 2 is 1.88 bits per heavy atom. The molecule has 1 aromatic heterocycles. The van der Waals surface area contributed by atoms with E-state index in [1.54, 1.807) is 0 Å². The van der Waals surface area contributed by atoms with Crippen LogP contribution >= 0.6 is 11.8 Å². The average Bonchev–Trinajstić information content (AvgIpc) is 3.01. The van der Waals surface area contributed by atoms with Crippen LogP contribution in [-0.4, -0.2) is 33.5 Å². The molecule has 1 heterocycles. The third kappa shape index (κ3) is 5.78. The van der Waals surface area contributed by atoms with Gasteiger partial charge in [-0.1, -0.05) is 17.3 Å². The highest BCUT2D eigenvalue weighted by Crippen LogP contribution is 2.30. The lowest BCUT2D eigenvalue weighted by Crippen LogP contribution is -2.28. The number of thioether (sulfide) groups is 1. The molecule has 2 rings (SSSR count). The lowest BCUT2D eigenvalue weighted by atomic mass is 10.1. The van der Waals surface area contributed by atoms with Crippen LogP contribution in [0.25, 0.3) is 11.4 Å². The second-order valence-electron chi connectivity index (χ2n) is 4.73. The van der Waals surface area contributed by atoms with Crippen molar-refractivity contribution in [1.29, 1.82) is 0 Å². The maximum Gasteiger partial charge on any atom is 0.416 e. The Morgan fingerprint density at radius 1 is 1.20 bits per heavy atom. The largest absolute Gasteiger partial charge is 0.549 e. The van der Waals surface area contributed by atoms with E-state index in [0.29, 0.717) is 5.56 Å². The highest BCUT2D eigenvalue weighted by Gasteiger charge is 2.30. The van der Waals surface area contributed by atoms with Crippen LogP contribution in [0.4, 0.5) is 13.2 Å². The van der Waals surface area contributed by atoms with E-state index in [0.717, 1.165) is 23.9 Å². The number of alkyl halides is 3. The van der Waals surface area contributed by atoms with Crippen LogP contribution in [0.15, 0.2) is 28.8 Å². The Bertz CT molecular complexity index is 747. The van der Waals surface area contributed by atoms with Gasteiger partial charge < -0.3 is 19.7 Å². The van der Waals surface area contributed by atoms with E-state index < -0.39 is 23.6 Å². The highest BCUT2D eigenvalue weighted by atomic mass is 32.2. The minimum Gasteiger partial charge on any atom is -0.549 e. The summed E-state index contributed by atoms with van der Waals surface area (Å²) in [5.41, 5.74) is -0.458. The van der Waals surface area contributed by atoms with Gasteiger partial charge in [-0.25, -0.2) is 0 Å². The predicted octanol–water partition coefficient (Wildman–Crippen LogP) is 0.855. The van der Waals surface area contributed by atoms with Crippen molar-refractivity contribution < 1.29 is 32.4 Å². The molecule has 1 aromatic carbocycles. The summed E-state index contributed by atoms with van der Waals surface area (Å²) in [6.07, 6.45) is -4.43. The molecule has 25 heavy (non-hydrogen) atoms. The molecule has 0 atom stereocenters. The fourth-order valence-electron chi connectivity index (χ4n) is 1.70. The van der Waals surface area contributed by atoms with E-state index in [4.69, 9.17) is 4.52 Å². The van der Waals surface area contributed by atoms with Gasteiger partial charge in [0, 0.05) is 11.3 Å². The van der Waals surface area contributed by atoms with Crippen molar-refractivity contribution in [2.75, 3.05) is 11.5 Å². The Hall–Kier alpha value is -2.56. The molecular weight excluding hydrogens is 363 g/mol. The smallest absolute Gasteiger partial charge is 0.416 e. The van der Waals surface area contributed by atoms with Crippen molar-refractivity contribution >= 4 is 23.6 Å². The Labute approximate surface area is 143 Å². The quantitative estimate of drug-likeness (QED) is 0.765. The van der Waals surface area contributed by atoms with Crippen LogP contribution in [-0.2, 0) is 22.3 Å². The number of hydrogen-bond donors (Lipinski definition) is 1. The summed E-state index contributed by atoms with van der Waals surface area (Å²) < 4.78 is 42.4. The van der Waals surface area contributed by atoms with Gasteiger partial charge >= 0.3 is 6.18 Å². The summed E-state index contributed by atoms with van der Waals surface area (Å²) in [5, 5.41) is 16.3. The summed E-state index contributed by atoms with van der Waals surface area (Å²) in [7, 11) is 0. The highest BCUT2D eigenvalue weighted by molar-refractivity contribution is 8.00. The van der Waals surface area contributed by atoms with Crippen molar-refractivity contribution in [3.8, 4) is 11.4 Å². The molecule has 0 aliphatic rings. The second kappa shape index (κ2) is 8.01. The van der Waals surface area contributed by atoms with Crippen molar-refractivity contribution in [2.45, 2.75) is 12.7 Å². The van der Waals surface area contributed by atoms with E-state index >= 15 is 0 Å². The first-order chi connectivity index (χ1) is 11.8.